The molecule has 0 bridgehead atoms. The second-order valence-electron chi connectivity index (χ2n) is 7.81. The summed E-state index contributed by atoms with van der Waals surface area (Å²) >= 11 is 0. The average molecular weight is 433 g/mol. The van der Waals surface area contributed by atoms with Crippen molar-refractivity contribution in [2.75, 3.05) is 11.9 Å². The van der Waals surface area contributed by atoms with Gasteiger partial charge in [-0.25, -0.2) is 13.1 Å². The molecule has 0 saturated heterocycles. The summed E-state index contributed by atoms with van der Waals surface area (Å²) in [6.07, 6.45) is 0.0344. The third kappa shape index (κ3) is 7.27. The lowest BCUT2D eigenvalue weighted by molar-refractivity contribution is -0.116. The van der Waals surface area contributed by atoms with E-state index in [0.29, 0.717) is 23.6 Å². The van der Waals surface area contributed by atoms with Crippen LogP contribution in [0.5, 0.6) is 5.75 Å². The van der Waals surface area contributed by atoms with Crippen molar-refractivity contribution in [3.05, 3.63) is 54.1 Å². The molecule has 0 aliphatic rings. The van der Waals surface area contributed by atoms with E-state index in [1.807, 2.05) is 6.92 Å². The van der Waals surface area contributed by atoms with Gasteiger partial charge in [0, 0.05) is 29.6 Å². The molecule has 0 aromatic heterocycles. The first kappa shape index (κ1) is 23.6. The number of carbonyl (C=O) groups excluding carboxylic acids is 2. The number of ketones is 1. The summed E-state index contributed by atoms with van der Waals surface area (Å²) in [5.41, 5.74) is 0.233. The molecule has 1 amide bonds. The smallest absolute Gasteiger partial charge is 0.241 e. The van der Waals surface area contributed by atoms with Gasteiger partial charge >= 0.3 is 0 Å². The van der Waals surface area contributed by atoms with Crippen molar-refractivity contribution in [1.29, 1.82) is 0 Å². The van der Waals surface area contributed by atoms with Gasteiger partial charge in [0.05, 0.1) is 11.5 Å². The maximum atomic E-state index is 12.4. The fourth-order valence-corrected chi connectivity index (χ4v) is 4.17. The van der Waals surface area contributed by atoms with Gasteiger partial charge in [0.1, 0.15) is 5.75 Å². The minimum Gasteiger partial charge on any atom is -0.494 e. The molecule has 2 aromatic carbocycles. The monoisotopic (exact) mass is 432 g/mol. The molecule has 2 N–H and O–H groups in total. The minimum atomic E-state index is -3.71. The molecular formula is C22H28N2O5S. The summed E-state index contributed by atoms with van der Waals surface area (Å²) < 4.78 is 32.8. The van der Waals surface area contributed by atoms with Crippen molar-refractivity contribution in [1.82, 2.24) is 4.72 Å². The zero-order valence-electron chi connectivity index (χ0n) is 17.7. The van der Waals surface area contributed by atoms with Crippen molar-refractivity contribution < 1.29 is 22.7 Å². The van der Waals surface area contributed by atoms with Crippen LogP contribution < -0.4 is 14.8 Å². The Hall–Kier alpha value is -2.71. The van der Waals surface area contributed by atoms with Gasteiger partial charge in [-0.3, -0.25) is 9.59 Å². The lowest BCUT2D eigenvalue weighted by Crippen LogP contribution is -2.40. The number of anilines is 1. The van der Waals surface area contributed by atoms with Crippen molar-refractivity contribution >= 4 is 27.4 Å². The van der Waals surface area contributed by atoms with Gasteiger partial charge in [-0.1, -0.05) is 6.07 Å². The molecule has 0 heterocycles. The molecule has 0 radical (unpaired) electrons. The Morgan fingerprint density at radius 1 is 1.00 bits per heavy atom. The van der Waals surface area contributed by atoms with Crippen molar-refractivity contribution in [3.8, 4) is 5.75 Å². The van der Waals surface area contributed by atoms with E-state index in [2.05, 4.69) is 10.0 Å². The van der Waals surface area contributed by atoms with Crippen molar-refractivity contribution in [2.24, 2.45) is 0 Å². The van der Waals surface area contributed by atoms with E-state index in [0.717, 1.165) is 0 Å². The maximum Gasteiger partial charge on any atom is 0.241 e. The topological polar surface area (TPSA) is 102 Å². The average Bonchev–Trinajstić information content (AvgIpc) is 2.65. The summed E-state index contributed by atoms with van der Waals surface area (Å²) in [6, 6.07) is 12.8. The largest absolute Gasteiger partial charge is 0.494 e. The Morgan fingerprint density at radius 2 is 1.67 bits per heavy atom. The highest BCUT2D eigenvalue weighted by atomic mass is 32.2. The first-order chi connectivity index (χ1) is 14.0. The van der Waals surface area contributed by atoms with Crippen molar-refractivity contribution in [2.45, 2.75) is 51.0 Å². The zero-order chi connectivity index (χ0) is 22.4. The molecule has 2 aromatic rings. The quantitative estimate of drug-likeness (QED) is 0.588. The summed E-state index contributed by atoms with van der Waals surface area (Å²) in [5.74, 6) is 0.161. The maximum absolute atomic E-state index is 12.4. The number of sulfonamides is 1. The molecule has 0 fully saturated rings. The van der Waals surface area contributed by atoms with E-state index in [4.69, 9.17) is 4.74 Å². The third-order valence-electron chi connectivity index (χ3n) is 3.94. The van der Waals surface area contributed by atoms with E-state index in [9.17, 15) is 18.0 Å². The molecule has 8 heteroatoms. The normalized spacial score (nSPS) is 11.7. The van der Waals surface area contributed by atoms with Gasteiger partial charge in [0.2, 0.25) is 15.9 Å². The van der Waals surface area contributed by atoms with Gasteiger partial charge in [-0.05, 0) is 70.2 Å². The Bertz CT molecular complexity index is 993. The molecular weight excluding hydrogens is 404 g/mol. The van der Waals surface area contributed by atoms with E-state index in [1.54, 1.807) is 57.2 Å². The lowest BCUT2D eigenvalue weighted by Gasteiger charge is -2.20. The number of nitrogens with one attached hydrogen (secondary N) is 2. The predicted octanol–water partition coefficient (Wildman–Crippen LogP) is 3.76. The molecule has 2 rings (SSSR count). The van der Waals surface area contributed by atoms with E-state index in [-0.39, 0.29) is 29.4 Å². The lowest BCUT2D eigenvalue weighted by atomic mass is 10.1. The summed E-state index contributed by atoms with van der Waals surface area (Å²) in [6.45, 7) is 7.67. The van der Waals surface area contributed by atoms with Crippen molar-refractivity contribution in [3.63, 3.8) is 0 Å². The third-order valence-corrected chi connectivity index (χ3v) is 5.69. The fourth-order valence-electron chi connectivity index (χ4n) is 2.70. The Balaban J connectivity index is 1.96. The molecule has 0 atom stereocenters. The summed E-state index contributed by atoms with van der Waals surface area (Å²) in [7, 11) is -3.71. The Labute approximate surface area is 177 Å². The van der Waals surface area contributed by atoms with Crippen LogP contribution in [-0.2, 0) is 14.8 Å². The highest BCUT2D eigenvalue weighted by Gasteiger charge is 2.22. The Kier molecular flexibility index (Phi) is 7.75. The van der Waals surface area contributed by atoms with E-state index < -0.39 is 15.6 Å². The second kappa shape index (κ2) is 9.86. The first-order valence-corrected chi connectivity index (χ1v) is 11.2. The number of hydrogen-bond donors (Lipinski definition) is 2. The Morgan fingerprint density at radius 3 is 2.27 bits per heavy atom. The number of rotatable bonds is 9. The van der Waals surface area contributed by atoms with Gasteiger partial charge in [0.15, 0.2) is 5.78 Å². The van der Waals surface area contributed by atoms with E-state index >= 15 is 0 Å². The molecule has 30 heavy (non-hydrogen) atoms. The van der Waals surface area contributed by atoms with Gasteiger partial charge in [-0.15, -0.1) is 0 Å². The van der Waals surface area contributed by atoms with Crippen LogP contribution >= 0.6 is 0 Å². The summed E-state index contributed by atoms with van der Waals surface area (Å²) in [5, 5.41) is 2.65. The highest BCUT2D eigenvalue weighted by molar-refractivity contribution is 7.89. The molecule has 0 saturated carbocycles. The molecule has 0 aliphatic carbocycles. The highest BCUT2D eigenvalue weighted by Crippen LogP contribution is 2.18. The predicted molar refractivity (Wildman–Crippen MR) is 116 cm³/mol. The number of amides is 1. The number of hydrogen-bond acceptors (Lipinski definition) is 5. The standard InChI is InChI=1S/C22H28N2O5S/c1-5-29-18-11-9-16(10-12-18)20(25)13-14-21(26)23-17-7-6-8-19(15-17)30(27,28)24-22(2,3)4/h6-12,15,24H,5,13-14H2,1-4H3,(H,23,26). The van der Waals surface area contributed by atoms with Crippen LogP contribution in [0.15, 0.2) is 53.4 Å². The van der Waals surface area contributed by atoms with Crippen LogP contribution in [-0.4, -0.2) is 32.3 Å². The van der Waals surface area contributed by atoms with Crippen LogP contribution in [0.3, 0.4) is 0 Å². The van der Waals surface area contributed by atoms with Crippen LogP contribution in [0, 0.1) is 0 Å². The molecule has 0 unspecified atom stereocenters. The van der Waals surface area contributed by atoms with Gasteiger partial charge in [0.25, 0.3) is 0 Å². The van der Waals surface area contributed by atoms with E-state index in [1.165, 1.54) is 12.1 Å². The van der Waals surface area contributed by atoms with Gasteiger partial charge in [-0.2, -0.15) is 0 Å². The molecule has 0 aliphatic heterocycles. The van der Waals surface area contributed by atoms with Gasteiger partial charge < -0.3 is 10.1 Å². The zero-order valence-corrected chi connectivity index (χ0v) is 18.5. The molecule has 7 nitrogen and oxygen atoms in total. The second-order valence-corrected chi connectivity index (χ2v) is 9.49. The number of carbonyl (C=O) groups is 2. The first-order valence-electron chi connectivity index (χ1n) is 9.70. The van der Waals surface area contributed by atoms with Crippen LogP contribution in [0.2, 0.25) is 0 Å². The number of ether oxygens (including phenoxy) is 1. The van der Waals surface area contributed by atoms with Crippen LogP contribution in [0.1, 0.15) is 50.9 Å². The van der Waals surface area contributed by atoms with Crippen LogP contribution in [0.4, 0.5) is 5.69 Å². The van der Waals surface area contributed by atoms with Crippen LogP contribution in [0.25, 0.3) is 0 Å². The molecule has 0 spiro atoms. The number of Topliss-reactive ketones (excluding diaryl/α,β-unsaturated/α-hetero) is 1. The fraction of sp³-hybridized carbons (Fsp3) is 0.364. The molecule has 162 valence electrons. The summed E-state index contributed by atoms with van der Waals surface area (Å²) in [4.78, 5) is 24.6. The number of benzene rings is 2. The minimum absolute atomic E-state index is 0.0107. The SMILES string of the molecule is CCOc1ccc(C(=O)CCC(=O)Nc2cccc(S(=O)(=O)NC(C)(C)C)c2)cc1.